The monoisotopic (exact) mass is 204 g/mol. The minimum absolute atomic E-state index is 0.177. The molecule has 0 aliphatic rings. The number of aliphatic hydroxyl groups excluding tert-OH is 1. The maximum atomic E-state index is 9.88. The van der Waals surface area contributed by atoms with Gasteiger partial charge in [-0.25, -0.2) is 0 Å². The Morgan fingerprint density at radius 3 is 2.53 bits per heavy atom. The van der Waals surface area contributed by atoms with E-state index in [-0.39, 0.29) is 6.04 Å². The number of hydrogen-bond acceptors (Lipinski definition) is 3. The third kappa shape index (κ3) is 3.35. The molecule has 0 heterocycles. The predicted octanol–water partition coefficient (Wildman–Crippen LogP) is 1.56. The number of benzene rings is 1. The minimum Gasteiger partial charge on any atom is -0.387 e. The maximum absolute atomic E-state index is 9.88. The second kappa shape index (κ2) is 5.50. The molecular formula is C12H16N2O. The second-order valence-electron chi connectivity index (χ2n) is 3.67. The van der Waals surface area contributed by atoms with Crippen molar-refractivity contribution in [3.05, 3.63) is 35.9 Å². The van der Waals surface area contributed by atoms with Gasteiger partial charge >= 0.3 is 0 Å². The van der Waals surface area contributed by atoms with Crippen molar-refractivity contribution in [3.8, 4) is 6.07 Å². The van der Waals surface area contributed by atoms with E-state index >= 15 is 0 Å². The maximum Gasteiger partial charge on any atom is 0.0947 e. The lowest BCUT2D eigenvalue weighted by molar-refractivity contribution is 0.119. The molecule has 0 saturated heterocycles. The highest BCUT2D eigenvalue weighted by molar-refractivity contribution is 5.17. The van der Waals surface area contributed by atoms with Gasteiger partial charge in [0.25, 0.3) is 0 Å². The molecule has 2 unspecified atom stereocenters. The van der Waals surface area contributed by atoms with Gasteiger partial charge in [0, 0.05) is 6.54 Å². The van der Waals surface area contributed by atoms with E-state index in [1.807, 2.05) is 49.2 Å². The van der Waals surface area contributed by atoms with Crippen molar-refractivity contribution in [1.29, 1.82) is 5.26 Å². The lowest BCUT2D eigenvalue weighted by Gasteiger charge is -2.22. The van der Waals surface area contributed by atoms with Crippen LogP contribution in [-0.2, 0) is 0 Å². The summed E-state index contributed by atoms with van der Waals surface area (Å²) in [4.78, 5) is 1.83. The van der Waals surface area contributed by atoms with E-state index in [1.54, 1.807) is 0 Å². The summed E-state index contributed by atoms with van der Waals surface area (Å²) in [6, 6.07) is 11.4. The van der Waals surface area contributed by atoms with Crippen LogP contribution in [0.5, 0.6) is 0 Å². The van der Waals surface area contributed by atoms with Gasteiger partial charge in [-0.05, 0) is 19.5 Å². The molecule has 0 radical (unpaired) electrons. The SMILES string of the molecule is CC(C#N)N(C)CC(O)c1ccccc1. The van der Waals surface area contributed by atoms with Crippen LogP contribution >= 0.6 is 0 Å². The van der Waals surface area contributed by atoms with Crippen LogP contribution in [0.3, 0.4) is 0 Å². The summed E-state index contributed by atoms with van der Waals surface area (Å²) in [5, 5.41) is 18.6. The summed E-state index contributed by atoms with van der Waals surface area (Å²) >= 11 is 0. The molecule has 3 nitrogen and oxygen atoms in total. The van der Waals surface area contributed by atoms with Crippen LogP contribution in [0.25, 0.3) is 0 Å². The van der Waals surface area contributed by atoms with Crippen molar-refractivity contribution in [1.82, 2.24) is 4.90 Å². The number of aliphatic hydroxyl groups is 1. The van der Waals surface area contributed by atoms with E-state index in [9.17, 15) is 5.11 Å². The Bertz CT molecular complexity index is 331. The molecule has 0 amide bonds. The Morgan fingerprint density at radius 2 is 2.00 bits per heavy atom. The summed E-state index contributed by atoms with van der Waals surface area (Å²) in [6.45, 7) is 2.29. The number of likely N-dealkylation sites (N-methyl/N-ethyl adjacent to an activating group) is 1. The Balaban J connectivity index is 2.57. The fourth-order valence-electron chi connectivity index (χ4n) is 1.31. The zero-order chi connectivity index (χ0) is 11.3. The summed E-state index contributed by atoms with van der Waals surface area (Å²) in [7, 11) is 1.83. The molecular weight excluding hydrogens is 188 g/mol. The van der Waals surface area contributed by atoms with Gasteiger partial charge in [0.05, 0.1) is 18.2 Å². The van der Waals surface area contributed by atoms with Gasteiger partial charge in [-0.3, -0.25) is 4.90 Å². The van der Waals surface area contributed by atoms with Gasteiger partial charge in [0.15, 0.2) is 0 Å². The third-order valence-electron chi connectivity index (χ3n) is 2.49. The Labute approximate surface area is 90.6 Å². The van der Waals surface area contributed by atoms with Crippen molar-refractivity contribution in [2.24, 2.45) is 0 Å². The van der Waals surface area contributed by atoms with E-state index in [0.717, 1.165) is 5.56 Å². The van der Waals surface area contributed by atoms with Crippen LogP contribution in [0.1, 0.15) is 18.6 Å². The second-order valence-corrected chi connectivity index (χ2v) is 3.67. The van der Waals surface area contributed by atoms with Crippen molar-refractivity contribution in [2.45, 2.75) is 19.1 Å². The summed E-state index contributed by atoms with van der Waals surface area (Å²) < 4.78 is 0. The first-order chi connectivity index (χ1) is 7.15. The van der Waals surface area contributed by atoms with Gasteiger partial charge in [-0.1, -0.05) is 30.3 Å². The van der Waals surface area contributed by atoms with Crippen molar-refractivity contribution in [2.75, 3.05) is 13.6 Å². The number of hydrogen-bond donors (Lipinski definition) is 1. The highest BCUT2D eigenvalue weighted by Gasteiger charge is 2.14. The zero-order valence-electron chi connectivity index (χ0n) is 9.09. The Morgan fingerprint density at radius 1 is 1.40 bits per heavy atom. The molecule has 0 aromatic heterocycles. The topological polar surface area (TPSA) is 47.3 Å². The fraction of sp³-hybridized carbons (Fsp3) is 0.417. The number of rotatable bonds is 4. The third-order valence-corrected chi connectivity index (χ3v) is 2.49. The van der Waals surface area contributed by atoms with E-state index < -0.39 is 6.10 Å². The molecule has 1 rings (SSSR count). The Hall–Kier alpha value is -1.37. The molecule has 1 N–H and O–H groups in total. The lowest BCUT2D eigenvalue weighted by atomic mass is 10.1. The molecule has 80 valence electrons. The van der Waals surface area contributed by atoms with Crippen LogP contribution < -0.4 is 0 Å². The van der Waals surface area contributed by atoms with Crippen molar-refractivity contribution in [3.63, 3.8) is 0 Å². The van der Waals surface area contributed by atoms with Crippen LogP contribution in [0.4, 0.5) is 0 Å². The minimum atomic E-state index is -0.535. The molecule has 0 saturated carbocycles. The smallest absolute Gasteiger partial charge is 0.0947 e. The van der Waals surface area contributed by atoms with E-state index in [0.29, 0.717) is 6.54 Å². The largest absolute Gasteiger partial charge is 0.387 e. The van der Waals surface area contributed by atoms with E-state index in [1.165, 1.54) is 0 Å². The average Bonchev–Trinajstić information content (AvgIpc) is 2.29. The van der Waals surface area contributed by atoms with Gasteiger partial charge in [0.1, 0.15) is 0 Å². The van der Waals surface area contributed by atoms with Gasteiger partial charge in [-0.2, -0.15) is 5.26 Å². The fourth-order valence-corrected chi connectivity index (χ4v) is 1.31. The quantitative estimate of drug-likeness (QED) is 0.809. The first-order valence-electron chi connectivity index (χ1n) is 4.98. The van der Waals surface area contributed by atoms with Gasteiger partial charge in [-0.15, -0.1) is 0 Å². The molecule has 15 heavy (non-hydrogen) atoms. The molecule has 0 aliphatic heterocycles. The number of nitriles is 1. The number of nitrogens with zero attached hydrogens (tertiary/aromatic N) is 2. The normalized spacial score (nSPS) is 14.6. The zero-order valence-corrected chi connectivity index (χ0v) is 9.09. The van der Waals surface area contributed by atoms with Crippen LogP contribution in [0.15, 0.2) is 30.3 Å². The Kier molecular flexibility index (Phi) is 4.29. The van der Waals surface area contributed by atoms with E-state index in [4.69, 9.17) is 5.26 Å². The lowest BCUT2D eigenvalue weighted by Crippen LogP contribution is -2.31. The first-order valence-corrected chi connectivity index (χ1v) is 4.98. The molecule has 0 aliphatic carbocycles. The van der Waals surface area contributed by atoms with Crippen LogP contribution in [0, 0.1) is 11.3 Å². The van der Waals surface area contributed by atoms with Crippen LogP contribution in [0.2, 0.25) is 0 Å². The summed E-state index contributed by atoms with van der Waals surface area (Å²) in [5.41, 5.74) is 0.884. The highest BCUT2D eigenvalue weighted by Crippen LogP contribution is 2.13. The molecule has 2 atom stereocenters. The standard InChI is InChI=1S/C12H16N2O/c1-10(8-13)14(2)9-12(15)11-6-4-3-5-7-11/h3-7,10,12,15H,9H2,1-2H3. The van der Waals surface area contributed by atoms with Crippen molar-refractivity contribution >= 4 is 0 Å². The van der Waals surface area contributed by atoms with Crippen LogP contribution in [-0.4, -0.2) is 29.6 Å². The molecule has 0 bridgehead atoms. The highest BCUT2D eigenvalue weighted by atomic mass is 16.3. The predicted molar refractivity (Wildman–Crippen MR) is 59.1 cm³/mol. The van der Waals surface area contributed by atoms with Gasteiger partial charge < -0.3 is 5.11 Å². The molecule has 1 aromatic carbocycles. The van der Waals surface area contributed by atoms with Crippen molar-refractivity contribution < 1.29 is 5.11 Å². The molecule has 0 spiro atoms. The molecule has 0 fully saturated rings. The average molecular weight is 204 g/mol. The van der Waals surface area contributed by atoms with E-state index in [2.05, 4.69) is 6.07 Å². The first kappa shape index (κ1) is 11.7. The summed E-state index contributed by atoms with van der Waals surface area (Å²) in [6.07, 6.45) is -0.535. The van der Waals surface area contributed by atoms with Gasteiger partial charge in [0.2, 0.25) is 0 Å². The molecule has 1 aromatic rings. The molecule has 3 heteroatoms. The summed E-state index contributed by atoms with van der Waals surface area (Å²) in [5.74, 6) is 0.